The van der Waals surface area contributed by atoms with Crippen LogP contribution in [0.1, 0.15) is 29.9 Å². The zero-order valence-corrected chi connectivity index (χ0v) is 16.3. The fraction of sp³-hybridized carbons (Fsp3) is 0.474. The Morgan fingerprint density at radius 1 is 1.19 bits per heavy atom. The van der Waals surface area contributed by atoms with Crippen LogP contribution in [-0.4, -0.2) is 60.7 Å². The van der Waals surface area contributed by atoms with Gasteiger partial charge in [-0.1, -0.05) is 13.8 Å². The first-order valence-corrected chi connectivity index (χ1v) is 9.77. The summed E-state index contributed by atoms with van der Waals surface area (Å²) in [4.78, 5) is 21.9. The van der Waals surface area contributed by atoms with E-state index in [1.54, 1.807) is 11.1 Å². The summed E-state index contributed by atoms with van der Waals surface area (Å²) < 4.78 is 10.7. The lowest BCUT2D eigenvalue weighted by Gasteiger charge is -2.23. The predicted molar refractivity (Wildman–Crippen MR) is 103 cm³/mol. The minimum absolute atomic E-state index is 0.0158. The van der Waals surface area contributed by atoms with E-state index in [9.17, 15) is 4.79 Å². The summed E-state index contributed by atoms with van der Waals surface area (Å²) in [5, 5.41) is 0.807. The van der Waals surface area contributed by atoms with Crippen LogP contribution >= 0.6 is 11.3 Å². The number of rotatable bonds is 8. The van der Waals surface area contributed by atoms with Crippen LogP contribution in [0.3, 0.4) is 0 Å². The number of thiazole rings is 1. The molecule has 7 heteroatoms. The molecule has 0 aliphatic carbocycles. The summed E-state index contributed by atoms with van der Waals surface area (Å²) in [6.45, 7) is 8.24. The SMILES string of the molecule is CCCN(CC)CCN(C)C(=O)c1cnc(-c2ccc3c(c2)OCO3)s1. The van der Waals surface area contributed by atoms with Gasteiger partial charge in [0.25, 0.3) is 5.91 Å². The van der Waals surface area contributed by atoms with Crippen molar-refractivity contribution in [1.82, 2.24) is 14.8 Å². The first kappa shape index (κ1) is 18.7. The van der Waals surface area contributed by atoms with E-state index in [0.717, 1.165) is 48.1 Å². The smallest absolute Gasteiger partial charge is 0.265 e. The molecule has 3 rings (SSSR count). The zero-order valence-electron chi connectivity index (χ0n) is 15.5. The molecular formula is C19H25N3O3S. The number of amides is 1. The van der Waals surface area contributed by atoms with Gasteiger partial charge in [0.05, 0.1) is 6.20 Å². The minimum atomic E-state index is 0.0158. The monoisotopic (exact) mass is 375 g/mol. The lowest BCUT2D eigenvalue weighted by Crippen LogP contribution is -2.36. The molecule has 6 nitrogen and oxygen atoms in total. The van der Waals surface area contributed by atoms with E-state index in [2.05, 4.69) is 23.7 Å². The first-order chi connectivity index (χ1) is 12.6. The molecule has 0 bridgehead atoms. The molecule has 0 radical (unpaired) electrons. The van der Waals surface area contributed by atoms with Gasteiger partial charge in [-0.05, 0) is 37.7 Å². The predicted octanol–water partition coefficient (Wildman–Crippen LogP) is 3.34. The summed E-state index contributed by atoms with van der Waals surface area (Å²) in [6.07, 6.45) is 2.78. The van der Waals surface area contributed by atoms with Crippen molar-refractivity contribution >= 4 is 17.2 Å². The molecule has 26 heavy (non-hydrogen) atoms. The van der Waals surface area contributed by atoms with Gasteiger partial charge in [0.2, 0.25) is 6.79 Å². The number of nitrogens with zero attached hydrogens (tertiary/aromatic N) is 3. The van der Waals surface area contributed by atoms with Crippen LogP contribution in [-0.2, 0) is 0 Å². The number of hydrogen-bond acceptors (Lipinski definition) is 6. The van der Waals surface area contributed by atoms with E-state index in [1.807, 2.05) is 25.2 Å². The van der Waals surface area contributed by atoms with Gasteiger partial charge in [0, 0.05) is 25.7 Å². The zero-order chi connectivity index (χ0) is 18.5. The molecule has 140 valence electrons. The molecule has 0 N–H and O–H groups in total. The third-order valence-corrected chi connectivity index (χ3v) is 5.46. The maximum Gasteiger partial charge on any atom is 0.265 e. The quantitative estimate of drug-likeness (QED) is 0.708. The molecule has 1 aromatic heterocycles. The molecule has 0 saturated heterocycles. The van der Waals surface area contributed by atoms with E-state index in [0.29, 0.717) is 11.4 Å². The number of fused-ring (bicyclic) bond motifs is 1. The van der Waals surface area contributed by atoms with E-state index < -0.39 is 0 Å². The Morgan fingerprint density at radius 3 is 2.77 bits per heavy atom. The Morgan fingerprint density at radius 2 is 2.00 bits per heavy atom. The highest BCUT2D eigenvalue weighted by atomic mass is 32.1. The Bertz CT molecular complexity index is 762. The summed E-state index contributed by atoms with van der Waals surface area (Å²) in [6, 6.07) is 5.72. The van der Waals surface area contributed by atoms with Crippen molar-refractivity contribution in [2.24, 2.45) is 0 Å². The Hall–Kier alpha value is -2.12. The summed E-state index contributed by atoms with van der Waals surface area (Å²) >= 11 is 1.41. The molecule has 1 aliphatic rings. The Balaban J connectivity index is 1.64. The van der Waals surface area contributed by atoms with Gasteiger partial charge in [0.15, 0.2) is 11.5 Å². The largest absolute Gasteiger partial charge is 0.454 e. The maximum atomic E-state index is 12.7. The molecule has 1 aliphatic heterocycles. The van der Waals surface area contributed by atoms with Crippen LogP contribution < -0.4 is 9.47 Å². The van der Waals surface area contributed by atoms with Crippen LogP contribution in [0.25, 0.3) is 10.6 Å². The third-order valence-electron chi connectivity index (χ3n) is 4.42. The molecule has 0 unspecified atom stereocenters. The number of hydrogen-bond donors (Lipinski definition) is 0. The number of benzene rings is 1. The average molecular weight is 375 g/mol. The van der Waals surface area contributed by atoms with Crippen molar-refractivity contribution in [1.29, 1.82) is 0 Å². The molecule has 2 heterocycles. The first-order valence-electron chi connectivity index (χ1n) is 8.96. The van der Waals surface area contributed by atoms with Gasteiger partial charge in [-0.3, -0.25) is 4.79 Å². The number of carbonyl (C=O) groups excluding carboxylic acids is 1. The number of likely N-dealkylation sites (N-methyl/N-ethyl adjacent to an activating group) is 2. The van der Waals surface area contributed by atoms with Crippen LogP contribution in [0.5, 0.6) is 11.5 Å². The summed E-state index contributed by atoms with van der Waals surface area (Å²) in [5.41, 5.74) is 0.932. The molecule has 0 fully saturated rings. The van der Waals surface area contributed by atoms with Crippen LogP contribution in [0.2, 0.25) is 0 Å². The molecule has 0 saturated carbocycles. The highest BCUT2D eigenvalue weighted by molar-refractivity contribution is 7.16. The van der Waals surface area contributed by atoms with Crippen LogP contribution in [0, 0.1) is 0 Å². The highest BCUT2D eigenvalue weighted by Gasteiger charge is 2.19. The molecular weight excluding hydrogens is 350 g/mol. The second kappa shape index (κ2) is 8.51. The minimum Gasteiger partial charge on any atom is -0.454 e. The number of carbonyl (C=O) groups is 1. The number of aromatic nitrogens is 1. The van der Waals surface area contributed by atoms with Crippen molar-refractivity contribution < 1.29 is 14.3 Å². The van der Waals surface area contributed by atoms with E-state index >= 15 is 0 Å². The topological polar surface area (TPSA) is 54.9 Å². The standard InChI is InChI=1S/C19H25N3O3S/c1-4-8-22(5-2)10-9-21(3)19(23)17-12-20-18(26-17)14-6-7-15-16(11-14)25-13-24-15/h6-7,11-12H,4-5,8-10,13H2,1-3H3. The normalized spacial score (nSPS) is 12.6. The van der Waals surface area contributed by atoms with Gasteiger partial charge >= 0.3 is 0 Å². The fourth-order valence-electron chi connectivity index (χ4n) is 2.86. The second-order valence-corrected chi connectivity index (χ2v) is 7.29. The van der Waals surface area contributed by atoms with Crippen molar-refractivity contribution in [2.75, 3.05) is 40.0 Å². The fourth-order valence-corrected chi connectivity index (χ4v) is 3.77. The molecule has 2 aromatic rings. The summed E-state index contributed by atoms with van der Waals surface area (Å²) in [5.74, 6) is 1.48. The van der Waals surface area contributed by atoms with Crippen molar-refractivity contribution in [2.45, 2.75) is 20.3 Å². The Kier molecular flexibility index (Phi) is 6.11. The maximum absolute atomic E-state index is 12.7. The Labute approximate surface area is 158 Å². The molecule has 0 atom stereocenters. The lowest BCUT2D eigenvalue weighted by molar-refractivity contribution is 0.0783. The lowest BCUT2D eigenvalue weighted by atomic mass is 10.2. The van der Waals surface area contributed by atoms with E-state index in [-0.39, 0.29) is 12.7 Å². The molecule has 0 spiro atoms. The van der Waals surface area contributed by atoms with E-state index in [4.69, 9.17) is 9.47 Å². The van der Waals surface area contributed by atoms with Gasteiger partial charge in [0.1, 0.15) is 9.88 Å². The van der Waals surface area contributed by atoms with Gasteiger partial charge in [-0.15, -0.1) is 11.3 Å². The second-order valence-electron chi connectivity index (χ2n) is 6.26. The van der Waals surface area contributed by atoms with Gasteiger partial charge in [-0.2, -0.15) is 0 Å². The van der Waals surface area contributed by atoms with Crippen molar-refractivity contribution in [3.63, 3.8) is 0 Å². The van der Waals surface area contributed by atoms with Gasteiger partial charge in [-0.25, -0.2) is 4.98 Å². The van der Waals surface area contributed by atoms with Crippen LogP contribution in [0.15, 0.2) is 24.4 Å². The number of ether oxygens (including phenoxy) is 2. The highest BCUT2D eigenvalue weighted by Crippen LogP contribution is 2.37. The van der Waals surface area contributed by atoms with Crippen molar-refractivity contribution in [3.05, 3.63) is 29.3 Å². The molecule has 1 aromatic carbocycles. The van der Waals surface area contributed by atoms with Crippen LogP contribution in [0.4, 0.5) is 0 Å². The van der Waals surface area contributed by atoms with E-state index in [1.165, 1.54) is 11.3 Å². The van der Waals surface area contributed by atoms with Crippen molar-refractivity contribution in [3.8, 4) is 22.1 Å². The molecule has 1 amide bonds. The van der Waals surface area contributed by atoms with Gasteiger partial charge < -0.3 is 19.3 Å². The third kappa shape index (κ3) is 4.16. The average Bonchev–Trinajstić information content (AvgIpc) is 3.32. The summed E-state index contributed by atoms with van der Waals surface area (Å²) in [7, 11) is 1.85.